The SMILES string of the molecule is Cc1nsc(N2CC3(COc4ccccc4C3)C2)n1. The summed E-state index contributed by atoms with van der Waals surface area (Å²) in [4.78, 5) is 6.76. The van der Waals surface area contributed by atoms with Crippen molar-refractivity contribution in [3.63, 3.8) is 0 Å². The number of fused-ring (bicyclic) bond motifs is 1. The van der Waals surface area contributed by atoms with Crippen molar-refractivity contribution in [1.29, 1.82) is 0 Å². The van der Waals surface area contributed by atoms with Gasteiger partial charge in [0.25, 0.3) is 0 Å². The van der Waals surface area contributed by atoms with Gasteiger partial charge in [0.2, 0.25) is 5.13 Å². The van der Waals surface area contributed by atoms with Crippen LogP contribution in [0.3, 0.4) is 0 Å². The molecule has 4 nitrogen and oxygen atoms in total. The highest BCUT2D eigenvalue weighted by Gasteiger charge is 2.47. The molecule has 1 spiro atoms. The van der Waals surface area contributed by atoms with E-state index in [9.17, 15) is 0 Å². The lowest BCUT2D eigenvalue weighted by atomic mass is 9.74. The van der Waals surface area contributed by atoms with Crippen molar-refractivity contribution in [2.45, 2.75) is 13.3 Å². The summed E-state index contributed by atoms with van der Waals surface area (Å²) in [5.74, 6) is 1.92. The summed E-state index contributed by atoms with van der Waals surface area (Å²) in [6.07, 6.45) is 1.11. The molecule has 0 saturated carbocycles. The molecule has 0 N–H and O–H groups in total. The smallest absolute Gasteiger partial charge is 0.205 e. The summed E-state index contributed by atoms with van der Waals surface area (Å²) in [5, 5.41) is 1.04. The fraction of sp³-hybridized carbons (Fsp3) is 0.429. The highest BCUT2D eigenvalue weighted by Crippen LogP contribution is 2.42. The van der Waals surface area contributed by atoms with Gasteiger partial charge in [-0.05, 0) is 25.0 Å². The molecule has 0 aliphatic carbocycles. The molecular weight excluding hydrogens is 258 g/mol. The Hall–Kier alpha value is -1.62. The standard InChI is InChI=1S/C14H15N3OS/c1-10-15-13(19-16-10)17-7-14(8-17)6-11-4-2-3-5-12(11)18-9-14/h2-5H,6-9H2,1H3. The molecule has 5 heteroatoms. The summed E-state index contributed by atoms with van der Waals surface area (Å²) in [6.45, 7) is 4.81. The molecule has 1 aromatic carbocycles. The Labute approximate surface area is 116 Å². The van der Waals surface area contributed by atoms with Crippen LogP contribution in [0.2, 0.25) is 0 Å². The van der Waals surface area contributed by atoms with Gasteiger partial charge in [-0.3, -0.25) is 0 Å². The molecule has 1 saturated heterocycles. The van der Waals surface area contributed by atoms with Crippen molar-refractivity contribution < 1.29 is 4.74 Å². The van der Waals surface area contributed by atoms with E-state index in [1.807, 2.05) is 13.0 Å². The van der Waals surface area contributed by atoms with Crippen LogP contribution in [0.5, 0.6) is 5.75 Å². The third kappa shape index (κ3) is 1.80. The first-order chi connectivity index (χ1) is 9.24. The molecule has 19 heavy (non-hydrogen) atoms. The quantitative estimate of drug-likeness (QED) is 0.799. The largest absolute Gasteiger partial charge is 0.493 e. The van der Waals surface area contributed by atoms with Crippen LogP contribution in [0.1, 0.15) is 11.4 Å². The number of ether oxygens (including phenoxy) is 1. The lowest BCUT2D eigenvalue weighted by Gasteiger charge is -2.51. The van der Waals surface area contributed by atoms with Crippen molar-refractivity contribution in [3.8, 4) is 5.75 Å². The molecule has 98 valence electrons. The number of anilines is 1. The number of aromatic nitrogens is 2. The minimum atomic E-state index is 0.272. The molecule has 2 aromatic rings. The predicted octanol–water partition coefficient (Wildman–Crippen LogP) is 2.29. The Morgan fingerprint density at radius 1 is 1.32 bits per heavy atom. The minimum absolute atomic E-state index is 0.272. The van der Waals surface area contributed by atoms with Gasteiger partial charge in [0.1, 0.15) is 11.6 Å². The van der Waals surface area contributed by atoms with Crippen LogP contribution in [-0.2, 0) is 6.42 Å². The second-order valence-electron chi connectivity index (χ2n) is 5.55. The number of aryl methyl sites for hydroxylation is 1. The third-order valence-corrected chi connectivity index (χ3v) is 4.78. The van der Waals surface area contributed by atoms with Crippen molar-refractivity contribution in [2.24, 2.45) is 5.41 Å². The number of hydrogen-bond donors (Lipinski definition) is 0. The van der Waals surface area contributed by atoms with E-state index in [1.54, 1.807) is 0 Å². The van der Waals surface area contributed by atoms with Crippen LogP contribution in [-0.4, -0.2) is 29.1 Å². The number of para-hydroxylation sites is 1. The Morgan fingerprint density at radius 3 is 2.95 bits per heavy atom. The molecule has 0 atom stereocenters. The van der Waals surface area contributed by atoms with Crippen molar-refractivity contribution in [3.05, 3.63) is 35.7 Å². The fourth-order valence-electron chi connectivity index (χ4n) is 2.99. The van der Waals surface area contributed by atoms with Gasteiger partial charge in [-0.15, -0.1) is 0 Å². The van der Waals surface area contributed by atoms with Gasteiger partial charge < -0.3 is 9.64 Å². The average molecular weight is 273 g/mol. The molecule has 1 aromatic heterocycles. The molecule has 0 unspecified atom stereocenters. The van der Waals surface area contributed by atoms with E-state index in [0.717, 1.165) is 42.8 Å². The molecule has 0 radical (unpaired) electrons. The second kappa shape index (κ2) is 3.93. The first-order valence-electron chi connectivity index (χ1n) is 6.50. The summed E-state index contributed by atoms with van der Waals surface area (Å²) >= 11 is 1.49. The number of benzene rings is 1. The Balaban J connectivity index is 1.51. The Bertz CT molecular complexity index is 619. The predicted molar refractivity (Wildman–Crippen MR) is 74.9 cm³/mol. The molecule has 0 bridgehead atoms. The van der Waals surface area contributed by atoms with Crippen LogP contribution in [0, 0.1) is 12.3 Å². The summed E-state index contributed by atoms with van der Waals surface area (Å²) in [5.41, 5.74) is 1.61. The maximum atomic E-state index is 5.91. The van der Waals surface area contributed by atoms with E-state index >= 15 is 0 Å². The first-order valence-corrected chi connectivity index (χ1v) is 7.27. The number of nitrogens with zero attached hydrogens (tertiary/aromatic N) is 3. The van der Waals surface area contributed by atoms with Gasteiger partial charge in [0, 0.05) is 30.0 Å². The average Bonchev–Trinajstić information content (AvgIpc) is 2.82. The van der Waals surface area contributed by atoms with E-state index in [2.05, 4.69) is 32.5 Å². The van der Waals surface area contributed by atoms with Gasteiger partial charge in [-0.25, -0.2) is 4.98 Å². The van der Waals surface area contributed by atoms with Gasteiger partial charge in [-0.1, -0.05) is 18.2 Å². The zero-order valence-electron chi connectivity index (χ0n) is 10.8. The molecule has 2 aliphatic rings. The summed E-state index contributed by atoms with van der Waals surface area (Å²) in [7, 11) is 0. The minimum Gasteiger partial charge on any atom is -0.493 e. The van der Waals surface area contributed by atoms with Gasteiger partial charge in [0.05, 0.1) is 6.61 Å². The van der Waals surface area contributed by atoms with E-state index < -0.39 is 0 Å². The molecule has 4 rings (SSSR count). The zero-order valence-corrected chi connectivity index (χ0v) is 11.6. The summed E-state index contributed by atoms with van der Waals surface area (Å²) < 4.78 is 10.2. The van der Waals surface area contributed by atoms with E-state index in [-0.39, 0.29) is 5.41 Å². The van der Waals surface area contributed by atoms with E-state index in [4.69, 9.17) is 4.74 Å². The van der Waals surface area contributed by atoms with Crippen LogP contribution in [0.25, 0.3) is 0 Å². The van der Waals surface area contributed by atoms with Crippen molar-refractivity contribution >= 4 is 16.7 Å². The van der Waals surface area contributed by atoms with Crippen LogP contribution >= 0.6 is 11.5 Å². The second-order valence-corrected chi connectivity index (χ2v) is 6.28. The van der Waals surface area contributed by atoms with Gasteiger partial charge in [0.15, 0.2) is 0 Å². The molecule has 3 heterocycles. The van der Waals surface area contributed by atoms with E-state index in [1.165, 1.54) is 17.1 Å². The molecule has 2 aliphatic heterocycles. The van der Waals surface area contributed by atoms with Crippen LogP contribution in [0.4, 0.5) is 5.13 Å². The maximum absolute atomic E-state index is 5.91. The van der Waals surface area contributed by atoms with E-state index in [0.29, 0.717) is 0 Å². The number of hydrogen-bond acceptors (Lipinski definition) is 5. The highest BCUT2D eigenvalue weighted by molar-refractivity contribution is 7.09. The van der Waals surface area contributed by atoms with Crippen LogP contribution < -0.4 is 9.64 Å². The maximum Gasteiger partial charge on any atom is 0.205 e. The molecule has 0 amide bonds. The first kappa shape index (κ1) is 11.2. The highest BCUT2D eigenvalue weighted by atomic mass is 32.1. The van der Waals surface area contributed by atoms with Crippen molar-refractivity contribution in [1.82, 2.24) is 9.36 Å². The monoisotopic (exact) mass is 273 g/mol. The topological polar surface area (TPSA) is 38.2 Å². The van der Waals surface area contributed by atoms with Gasteiger partial charge in [-0.2, -0.15) is 4.37 Å². The van der Waals surface area contributed by atoms with Crippen molar-refractivity contribution in [2.75, 3.05) is 24.6 Å². The number of rotatable bonds is 1. The summed E-state index contributed by atoms with van der Waals surface area (Å²) in [6, 6.07) is 8.36. The lowest BCUT2D eigenvalue weighted by Crippen LogP contribution is -2.61. The molecular formula is C14H15N3OS. The fourth-order valence-corrected chi connectivity index (χ4v) is 3.67. The van der Waals surface area contributed by atoms with Crippen LogP contribution in [0.15, 0.2) is 24.3 Å². The Morgan fingerprint density at radius 2 is 2.16 bits per heavy atom. The van der Waals surface area contributed by atoms with Gasteiger partial charge >= 0.3 is 0 Å². The third-order valence-electron chi connectivity index (χ3n) is 3.91. The normalized spacial score (nSPS) is 19.7. The zero-order chi connectivity index (χ0) is 12.9. The Kier molecular flexibility index (Phi) is 2.33. The lowest BCUT2D eigenvalue weighted by molar-refractivity contribution is 0.0880. The molecule has 1 fully saturated rings.